The SMILES string of the molecule is CC(=O)NC(=Cc1ccccc1)C(=O)OCc1c(C)cc(C)c(C(C)=O)c1C. The van der Waals surface area contributed by atoms with Crippen molar-refractivity contribution in [2.75, 3.05) is 0 Å². The fourth-order valence-corrected chi connectivity index (χ4v) is 3.26. The highest BCUT2D eigenvalue weighted by molar-refractivity contribution is 5.98. The van der Waals surface area contributed by atoms with Crippen molar-refractivity contribution in [1.82, 2.24) is 5.32 Å². The van der Waals surface area contributed by atoms with Crippen LogP contribution in [0.2, 0.25) is 0 Å². The minimum Gasteiger partial charge on any atom is -0.456 e. The highest BCUT2D eigenvalue weighted by atomic mass is 16.5. The first-order valence-electron chi connectivity index (χ1n) is 9.02. The molecule has 2 aromatic rings. The predicted octanol–water partition coefficient (Wildman–Crippen LogP) is 4.03. The molecule has 0 aliphatic carbocycles. The van der Waals surface area contributed by atoms with E-state index in [0.29, 0.717) is 5.56 Å². The zero-order chi connectivity index (χ0) is 20.8. The number of hydrogen-bond acceptors (Lipinski definition) is 4. The molecule has 5 nitrogen and oxygen atoms in total. The van der Waals surface area contributed by atoms with Crippen LogP contribution < -0.4 is 5.32 Å². The van der Waals surface area contributed by atoms with Crippen molar-refractivity contribution in [3.8, 4) is 0 Å². The van der Waals surface area contributed by atoms with Crippen LogP contribution in [0.1, 0.15) is 52.0 Å². The third-order valence-corrected chi connectivity index (χ3v) is 4.47. The predicted molar refractivity (Wildman–Crippen MR) is 109 cm³/mol. The van der Waals surface area contributed by atoms with Gasteiger partial charge in [-0.15, -0.1) is 0 Å². The van der Waals surface area contributed by atoms with Crippen LogP contribution in [0, 0.1) is 20.8 Å². The molecular weight excluding hydrogens is 354 g/mol. The lowest BCUT2D eigenvalue weighted by molar-refractivity contribution is -0.141. The Balaban J connectivity index is 2.28. The van der Waals surface area contributed by atoms with Crippen LogP contribution in [0.3, 0.4) is 0 Å². The van der Waals surface area contributed by atoms with Gasteiger partial charge in [0.15, 0.2) is 5.78 Å². The van der Waals surface area contributed by atoms with Gasteiger partial charge < -0.3 is 10.1 Å². The number of ketones is 1. The molecular formula is C23H25NO4. The number of carbonyl (C=O) groups excluding carboxylic acids is 3. The average molecular weight is 379 g/mol. The maximum absolute atomic E-state index is 12.6. The summed E-state index contributed by atoms with van der Waals surface area (Å²) in [6.07, 6.45) is 1.57. The molecule has 0 saturated heterocycles. The molecule has 0 spiro atoms. The van der Waals surface area contributed by atoms with Crippen LogP contribution in [0.5, 0.6) is 0 Å². The van der Waals surface area contributed by atoms with Crippen LogP contribution >= 0.6 is 0 Å². The number of nitrogens with one attached hydrogen (secondary N) is 1. The molecule has 0 unspecified atom stereocenters. The highest BCUT2D eigenvalue weighted by Gasteiger charge is 2.18. The second kappa shape index (κ2) is 9.13. The van der Waals surface area contributed by atoms with E-state index in [4.69, 9.17) is 4.74 Å². The second-order valence-electron chi connectivity index (χ2n) is 6.77. The molecule has 28 heavy (non-hydrogen) atoms. The standard InChI is InChI=1S/C23H25NO4/c1-14-11-15(2)22(17(4)25)16(3)20(14)13-28-23(27)21(24-18(5)26)12-19-9-7-6-8-10-19/h6-12H,13H2,1-5H3,(H,24,26). The number of hydrogen-bond donors (Lipinski definition) is 1. The first kappa shape index (κ1) is 21.1. The Morgan fingerprint density at radius 1 is 1.00 bits per heavy atom. The highest BCUT2D eigenvalue weighted by Crippen LogP contribution is 2.24. The van der Waals surface area contributed by atoms with Crippen molar-refractivity contribution >= 4 is 23.7 Å². The largest absolute Gasteiger partial charge is 0.456 e. The van der Waals surface area contributed by atoms with E-state index >= 15 is 0 Å². The number of amides is 1. The maximum atomic E-state index is 12.6. The third-order valence-electron chi connectivity index (χ3n) is 4.47. The Labute approximate surface area is 165 Å². The molecule has 0 atom stereocenters. The van der Waals surface area contributed by atoms with Crippen molar-refractivity contribution < 1.29 is 19.1 Å². The fraction of sp³-hybridized carbons (Fsp3) is 0.261. The van der Waals surface area contributed by atoms with E-state index in [2.05, 4.69) is 5.32 Å². The summed E-state index contributed by atoms with van der Waals surface area (Å²) in [6.45, 7) is 8.54. The van der Waals surface area contributed by atoms with Gasteiger partial charge in [0.25, 0.3) is 0 Å². The van der Waals surface area contributed by atoms with E-state index in [-0.39, 0.29) is 24.0 Å². The molecule has 0 aliphatic heterocycles. The van der Waals surface area contributed by atoms with Gasteiger partial charge in [0.1, 0.15) is 12.3 Å². The molecule has 5 heteroatoms. The maximum Gasteiger partial charge on any atom is 0.355 e. The molecule has 0 bridgehead atoms. The number of rotatable bonds is 6. The van der Waals surface area contributed by atoms with Crippen molar-refractivity contribution in [3.05, 3.63) is 75.5 Å². The Morgan fingerprint density at radius 3 is 2.21 bits per heavy atom. The van der Waals surface area contributed by atoms with Gasteiger partial charge in [-0.05, 0) is 61.6 Å². The summed E-state index contributed by atoms with van der Waals surface area (Å²) in [5.74, 6) is -1.02. The summed E-state index contributed by atoms with van der Waals surface area (Å²) in [5.41, 5.74) is 4.94. The molecule has 2 rings (SSSR count). The van der Waals surface area contributed by atoms with Gasteiger partial charge in [-0.3, -0.25) is 9.59 Å². The lowest BCUT2D eigenvalue weighted by atomic mass is 9.92. The van der Waals surface area contributed by atoms with E-state index in [1.54, 1.807) is 6.08 Å². The number of benzene rings is 2. The summed E-state index contributed by atoms with van der Waals surface area (Å²) in [6, 6.07) is 11.1. The Kier molecular flexibility index (Phi) is 6.88. The Bertz CT molecular complexity index is 943. The van der Waals surface area contributed by atoms with Gasteiger partial charge in [0, 0.05) is 12.5 Å². The van der Waals surface area contributed by atoms with Gasteiger partial charge in [0.05, 0.1) is 0 Å². The smallest absolute Gasteiger partial charge is 0.355 e. The van der Waals surface area contributed by atoms with Gasteiger partial charge in [-0.25, -0.2) is 4.79 Å². The van der Waals surface area contributed by atoms with Gasteiger partial charge in [-0.1, -0.05) is 36.4 Å². The molecule has 146 valence electrons. The third kappa shape index (κ3) is 5.16. The average Bonchev–Trinajstić information content (AvgIpc) is 2.60. The van der Waals surface area contributed by atoms with Crippen molar-refractivity contribution in [1.29, 1.82) is 0 Å². The molecule has 0 aliphatic rings. The summed E-state index contributed by atoms with van der Waals surface area (Å²) in [5, 5.41) is 2.53. The minimum absolute atomic E-state index is 0.0166. The minimum atomic E-state index is -0.636. The molecule has 1 amide bonds. The van der Waals surface area contributed by atoms with Crippen LogP contribution in [0.4, 0.5) is 0 Å². The molecule has 0 heterocycles. The van der Waals surface area contributed by atoms with Crippen LogP contribution in [0.25, 0.3) is 6.08 Å². The number of aryl methyl sites for hydroxylation is 2. The van der Waals surface area contributed by atoms with E-state index in [0.717, 1.165) is 27.8 Å². The number of Topliss-reactive ketones (excluding diaryl/α,β-unsaturated/α-hetero) is 1. The van der Waals surface area contributed by atoms with Crippen LogP contribution in [-0.4, -0.2) is 17.7 Å². The molecule has 2 aromatic carbocycles. The van der Waals surface area contributed by atoms with Crippen LogP contribution in [0.15, 0.2) is 42.1 Å². The normalized spacial score (nSPS) is 11.1. The number of carbonyl (C=O) groups is 3. The van der Waals surface area contributed by atoms with E-state index in [9.17, 15) is 14.4 Å². The first-order chi connectivity index (χ1) is 13.2. The summed E-state index contributed by atoms with van der Waals surface area (Å²) >= 11 is 0. The Morgan fingerprint density at radius 2 is 1.64 bits per heavy atom. The van der Waals surface area contributed by atoms with Crippen molar-refractivity contribution in [3.63, 3.8) is 0 Å². The second-order valence-corrected chi connectivity index (χ2v) is 6.77. The zero-order valence-electron chi connectivity index (χ0n) is 16.9. The van der Waals surface area contributed by atoms with Crippen LogP contribution in [-0.2, 0) is 20.9 Å². The molecule has 0 fully saturated rings. The molecule has 1 N–H and O–H groups in total. The first-order valence-corrected chi connectivity index (χ1v) is 9.02. The van der Waals surface area contributed by atoms with Gasteiger partial charge in [-0.2, -0.15) is 0 Å². The molecule has 0 aromatic heterocycles. The number of ether oxygens (including phenoxy) is 1. The van der Waals surface area contributed by atoms with Gasteiger partial charge >= 0.3 is 5.97 Å². The van der Waals surface area contributed by atoms with Crippen molar-refractivity contribution in [2.45, 2.75) is 41.2 Å². The quantitative estimate of drug-likeness (QED) is 0.467. The van der Waals surface area contributed by atoms with Gasteiger partial charge in [0.2, 0.25) is 5.91 Å². The summed E-state index contributed by atoms with van der Waals surface area (Å²) in [7, 11) is 0. The monoisotopic (exact) mass is 379 g/mol. The van der Waals surface area contributed by atoms with Crippen molar-refractivity contribution in [2.24, 2.45) is 0 Å². The molecule has 0 radical (unpaired) electrons. The zero-order valence-corrected chi connectivity index (χ0v) is 16.9. The number of esters is 1. The van der Waals surface area contributed by atoms with E-state index in [1.807, 2.05) is 57.2 Å². The fourth-order valence-electron chi connectivity index (χ4n) is 3.26. The summed E-state index contributed by atoms with van der Waals surface area (Å²) < 4.78 is 5.47. The van der Waals surface area contributed by atoms with E-state index < -0.39 is 5.97 Å². The Hall–Kier alpha value is -3.21. The topological polar surface area (TPSA) is 72.5 Å². The summed E-state index contributed by atoms with van der Waals surface area (Å²) in [4.78, 5) is 36.0. The lowest BCUT2D eigenvalue weighted by Gasteiger charge is -2.16. The molecule has 0 saturated carbocycles. The lowest BCUT2D eigenvalue weighted by Crippen LogP contribution is -2.26. The van der Waals surface area contributed by atoms with E-state index in [1.165, 1.54) is 13.8 Å².